The highest BCUT2D eigenvalue weighted by Crippen LogP contribution is 2.48. The number of hydrogen-bond acceptors (Lipinski definition) is 2. The predicted molar refractivity (Wildman–Crippen MR) is 250 cm³/mol. The van der Waals surface area contributed by atoms with Gasteiger partial charge >= 0.3 is 0 Å². The fourth-order valence-corrected chi connectivity index (χ4v) is 11.1. The van der Waals surface area contributed by atoms with Gasteiger partial charge in [0.15, 0.2) is 0 Å². The first-order valence-electron chi connectivity index (χ1n) is 19.9. The first-order valence-corrected chi connectivity index (χ1v) is 20.7. The van der Waals surface area contributed by atoms with Crippen LogP contribution in [0.25, 0.3) is 129 Å². The van der Waals surface area contributed by atoms with Crippen LogP contribution in [0.5, 0.6) is 0 Å². The molecule has 0 spiro atoms. The number of rotatable bonds is 3. The zero-order valence-corrected chi connectivity index (χ0v) is 32.1. The second-order valence-corrected chi connectivity index (χ2v) is 16.6. The number of thiophene rings is 1. The molecule has 11 aromatic carbocycles. The smallest absolute Gasteiger partial charge is 0.136 e. The van der Waals surface area contributed by atoms with Crippen molar-refractivity contribution in [3.63, 3.8) is 0 Å². The second kappa shape index (κ2) is 12.1. The molecule has 0 radical (unpaired) electrons. The molecular weight excluding hydrogens is 721 g/mol. The van der Waals surface area contributed by atoms with Crippen LogP contribution in [0.15, 0.2) is 199 Å². The molecule has 0 unspecified atom stereocenters. The molecule has 2 heterocycles. The first kappa shape index (κ1) is 31.9. The molecule has 58 heavy (non-hydrogen) atoms. The van der Waals surface area contributed by atoms with Crippen molar-refractivity contribution in [1.29, 1.82) is 0 Å². The average molecular weight is 753 g/mol. The Bertz CT molecular complexity index is 3800. The summed E-state index contributed by atoms with van der Waals surface area (Å²) in [7, 11) is 0. The van der Waals surface area contributed by atoms with Crippen molar-refractivity contribution in [3.8, 4) is 33.4 Å². The minimum Gasteiger partial charge on any atom is -0.456 e. The summed E-state index contributed by atoms with van der Waals surface area (Å²) in [4.78, 5) is 0. The molecule has 2 heteroatoms. The molecule has 0 bridgehead atoms. The third-order valence-electron chi connectivity index (χ3n) is 12.4. The molecule has 0 aliphatic carbocycles. The molecule has 0 fully saturated rings. The van der Waals surface area contributed by atoms with E-state index < -0.39 is 0 Å². The Kier molecular flexibility index (Phi) is 6.66. The van der Waals surface area contributed by atoms with E-state index in [0.717, 1.165) is 11.2 Å². The van der Waals surface area contributed by atoms with Gasteiger partial charge in [-0.05, 0) is 124 Å². The lowest BCUT2D eigenvalue weighted by Crippen LogP contribution is -1.91. The molecule has 0 amide bonds. The molecule has 0 saturated carbocycles. The van der Waals surface area contributed by atoms with Gasteiger partial charge in [-0.25, -0.2) is 0 Å². The van der Waals surface area contributed by atoms with Crippen molar-refractivity contribution in [2.24, 2.45) is 0 Å². The van der Waals surface area contributed by atoms with E-state index in [2.05, 4.69) is 194 Å². The van der Waals surface area contributed by atoms with Crippen molar-refractivity contribution in [2.45, 2.75) is 0 Å². The van der Waals surface area contributed by atoms with E-state index >= 15 is 0 Å². The van der Waals surface area contributed by atoms with Gasteiger partial charge in [0, 0.05) is 30.9 Å². The second-order valence-electron chi connectivity index (χ2n) is 15.5. The van der Waals surface area contributed by atoms with Crippen molar-refractivity contribution < 1.29 is 4.42 Å². The van der Waals surface area contributed by atoms with Crippen molar-refractivity contribution in [1.82, 2.24) is 0 Å². The number of hydrogen-bond donors (Lipinski definition) is 0. The van der Waals surface area contributed by atoms with Crippen molar-refractivity contribution in [3.05, 3.63) is 194 Å². The normalized spacial score (nSPS) is 12.1. The van der Waals surface area contributed by atoms with Gasteiger partial charge in [-0.2, -0.15) is 0 Å². The Morgan fingerprint density at radius 2 is 0.897 bits per heavy atom. The molecule has 0 N–H and O–H groups in total. The summed E-state index contributed by atoms with van der Waals surface area (Å²) in [5.74, 6) is 0. The zero-order valence-electron chi connectivity index (χ0n) is 31.3. The summed E-state index contributed by atoms with van der Waals surface area (Å²) < 4.78 is 9.31. The van der Waals surface area contributed by atoms with Crippen LogP contribution in [-0.4, -0.2) is 0 Å². The van der Waals surface area contributed by atoms with Gasteiger partial charge in [0.2, 0.25) is 0 Å². The summed E-state index contributed by atoms with van der Waals surface area (Å²) in [6, 6.07) is 71.4. The predicted octanol–water partition coefficient (Wildman–Crippen LogP) is 16.7. The van der Waals surface area contributed by atoms with Crippen molar-refractivity contribution >= 4 is 107 Å². The maximum Gasteiger partial charge on any atom is 0.136 e. The van der Waals surface area contributed by atoms with Crippen molar-refractivity contribution in [2.75, 3.05) is 0 Å². The van der Waals surface area contributed by atoms with Crippen LogP contribution in [0.3, 0.4) is 0 Å². The standard InChI is InChI=1S/C56H32OS/c1-2-14-38-33(12-1)13-11-22-41(38)53-45-20-7-5-18-43(45)52(44-19-6-8-21-46(44)53)37-27-25-34-30-36(26-24-35(34)31-37)48-32-50-54(42-17-4-3-15-39(42)48)55-49(57-50)29-28-47-40-16-9-10-23-51(40)58-56(47)55/h1-32H. The van der Waals surface area contributed by atoms with E-state index in [-0.39, 0.29) is 0 Å². The lowest BCUT2D eigenvalue weighted by Gasteiger charge is -2.19. The summed E-state index contributed by atoms with van der Waals surface area (Å²) in [6.45, 7) is 0. The van der Waals surface area contributed by atoms with E-state index in [1.807, 2.05) is 11.3 Å². The largest absolute Gasteiger partial charge is 0.456 e. The van der Waals surface area contributed by atoms with Crippen LogP contribution in [0.2, 0.25) is 0 Å². The van der Waals surface area contributed by atoms with Crippen LogP contribution in [0, 0.1) is 0 Å². The molecule has 0 aliphatic heterocycles. The molecule has 13 aromatic rings. The van der Waals surface area contributed by atoms with Gasteiger partial charge in [-0.3, -0.25) is 0 Å². The average Bonchev–Trinajstić information content (AvgIpc) is 3.86. The summed E-state index contributed by atoms with van der Waals surface area (Å²) >= 11 is 1.86. The highest BCUT2D eigenvalue weighted by atomic mass is 32.1. The third-order valence-corrected chi connectivity index (χ3v) is 13.6. The molecule has 1 nitrogen and oxygen atoms in total. The lowest BCUT2D eigenvalue weighted by atomic mass is 9.84. The lowest BCUT2D eigenvalue weighted by molar-refractivity contribution is 0.669. The van der Waals surface area contributed by atoms with E-state index in [1.165, 1.54) is 118 Å². The van der Waals surface area contributed by atoms with Gasteiger partial charge < -0.3 is 4.42 Å². The number of benzene rings is 11. The van der Waals surface area contributed by atoms with Gasteiger partial charge in [0.25, 0.3) is 0 Å². The summed E-state index contributed by atoms with van der Waals surface area (Å²) in [6.07, 6.45) is 0. The third kappa shape index (κ3) is 4.52. The minimum absolute atomic E-state index is 0.926. The van der Waals surface area contributed by atoms with E-state index in [0.29, 0.717) is 0 Å². The van der Waals surface area contributed by atoms with Gasteiger partial charge in [-0.15, -0.1) is 11.3 Å². The Morgan fingerprint density at radius 3 is 1.66 bits per heavy atom. The van der Waals surface area contributed by atoms with Crippen LogP contribution in [0.4, 0.5) is 0 Å². The zero-order chi connectivity index (χ0) is 37.9. The fourth-order valence-electron chi connectivity index (χ4n) is 9.88. The quantitative estimate of drug-likeness (QED) is 0.164. The molecule has 268 valence electrons. The highest BCUT2D eigenvalue weighted by molar-refractivity contribution is 7.26. The monoisotopic (exact) mass is 752 g/mol. The topological polar surface area (TPSA) is 13.1 Å². The highest BCUT2D eigenvalue weighted by Gasteiger charge is 2.21. The summed E-state index contributed by atoms with van der Waals surface area (Å²) in [5, 5.41) is 17.5. The fraction of sp³-hybridized carbons (Fsp3) is 0. The van der Waals surface area contributed by atoms with Crippen LogP contribution in [-0.2, 0) is 0 Å². The maximum absolute atomic E-state index is 6.71. The van der Waals surface area contributed by atoms with E-state index in [9.17, 15) is 0 Å². The molecule has 0 aliphatic rings. The minimum atomic E-state index is 0.926. The maximum atomic E-state index is 6.71. The molecule has 2 aromatic heterocycles. The Hall–Kier alpha value is -7.26. The molecular formula is C56H32OS. The van der Waals surface area contributed by atoms with Crippen LogP contribution in [0.1, 0.15) is 0 Å². The first-order chi connectivity index (χ1) is 28.8. The van der Waals surface area contributed by atoms with Gasteiger partial charge in [0.05, 0.1) is 0 Å². The Morgan fingerprint density at radius 1 is 0.310 bits per heavy atom. The van der Waals surface area contributed by atoms with Crippen LogP contribution >= 0.6 is 11.3 Å². The Balaban J connectivity index is 0.991. The van der Waals surface area contributed by atoms with Gasteiger partial charge in [0.1, 0.15) is 11.2 Å². The van der Waals surface area contributed by atoms with Crippen LogP contribution < -0.4 is 0 Å². The van der Waals surface area contributed by atoms with E-state index in [4.69, 9.17) is 4.42 Å². The van der Waals surface area contributed by atoms with Gasteiger partial charge in [-0.1, -0.05) is 158 Å². The molecule has 0 atom stereocenters. The summed E-state index contributed by atoms with van der Waals surface area (Å²) in [5.41, 5.74) is 9.28. The number of fused-ring (bicyclic) bond motifs is 13. The molecule has 0 saturated heterocycles. The number of furan rings is 1. The Labute approximate surface area is 337 Å². The van der Waals surface area contributed by atoms with E-state index in [1.54, 1.807) is 0 Å². The SMILES string of the molecule is c1ccc2c(-c3c4ccccc4c(-c4ccc5cc(-c6cc7oc8ccc9c%10ccccc%10sc9c8c7c7ccccc67)ccc5c4)c4ccccc34)cccc2c1. The molecule has 13 rings (SSSR count).